The van der Waals surface area contributed by atoms with Crippen LogP contribution in [0.3, 0.4) is 0 Å². The van der Waals surface area contributed by atoms with Crippen molar-refractivity contribution in [2.45, 2.75) is 26.9 Å². The summed E-state index contributed by atoms with van der Waals surface area (Å²) in [6.07, 6.45) is 0. The van der Waals surface area contributed by atoms with Gasteiger partial charge < -0.3 is 10.2 Å². The zero-order valence-corrected chi connectivity index (χ0v) is 12.7. The molecule has 0 heterocycles. The first kappa shape index (κ1) is 14.6. The van der Waals surface area contributed by atoms with Crippen LogP contribution in [-0.2, 0) is 13.1 Å². The van der Waals surface area contributed by atoms with Crippen molar-refractivity contribution in [2.24, 2.45) is 0 Å². The molecular weight excluding hydrogens is 244 g/mol. The van der Waals surface area contributed by atoms with Gasteiger partial charge >= 0.3 is 0 Å². The Labute approximate surface area is 122 Å². The van der Waals surface area contributed by atoms with Crippen LogP contribution in [0.4, 0.5) is 5.69 Å². The van der Waals surface area contributed by atoms with E-state index in [-0.39, 0.29) is 0 Å². The van der Waals surface area contributed by atoms with Crippen molar-refractivity contribution in [1.29, 1.82) is 0 Å². The molecule has 0 radical (unpaired) electrons. The van der Waals surface area contributed by atoms with Gasteiger partial charge in [-0.3, -0.25) is 0 Å². The van der Waals surface area contributed by atoms with Crippen LogP contribution in [-0.4, -0.2) is 13.6 Å². The predicted octanol–water partition coefficient (Wildman–Crippen LogP) is 3.74. The van der Waals surface area contributed by atoms with Gasteiger partial charge in [0.05, 0.1) is 0 Å². The largest absolute Gasteiger partial charge is 0.367 e. The van der Waals surface area contributed by atoms with Crippen molar-refractivity contribution in [3.05, 3.63) is 65.2 Å². The first-order valence-electron chi connectivity index (χ1n) is 7.28. The van der Waals surface area contributed by atoms with Gasteiger partial charge in [0.1, 0.15) is 0 Å². The van der Waals surface area contributed by atoms with E-state index in [1.165, 1.54) is 22.4 Å². The SMILES string of the molecule is CCN(Cc1ccccc1CNC)c1ccccc1C. The Morgan fingerprint density at radius 3 is 2.25 bits per heavy atom. The Morgan fingerprint density at radius 1 is 0.950 bits per heavy atom. The van der Waals surface area contributed by atoms with Crippen LogP contribution in [0, 0.1) is 6.92 Å². The molecule has 106 valence electrons. The molecule has 0 bridgehead atoms. The van der Waals surface area contributed by atoms with E-state index in [1.807, 2.05) is 7.05 Å². The number of benzene rings is 2. The zero-order chi connectivity index (χ0) is 14.4. The molecule has 0 unspecified atom stereocenters. The first-order valence-corrected chi connectivity index (χ1v) is 7.28. The van der Waals surface area contributed by atoms with E-state index in [9.17, 15) is 0 Å². The number of rotatable bonds is 6. The normalized spacial score (nSPS) is 10.6. The fraction of sp³-hybridized carbons (Fsp3) is 0.333. The van der Waals surface area contributed by atoms with Crippen molar-refractivity contribution in [2.75, 3.05) is 18.5 Å². The number of anilines is 1. The second-order valence-electron chi connectivity index (χ2n) is 5.10. The van der Waals surface area contributed by atoms with Gasteiger partial charge in [0.2, 0.25) is 0 Å². The van der Waals surface area contributed by atoms with Crippen molar-refractivity contribution in [3.63, 3.8) is 0 Å². The molecule has 0 aliphatic carbocycles. The van der Waals surface area contributed by atoms with Crippen molar-refractivity contribution in [3.8, 4) is 0 Å². The van der Waals surface area contributed by atoms with Gasteiger partial charge in [0.15, 0.2) is 0 Å². The highest BCUT2D eigenvalue weighted by molar-refractivity contribution is 5.53. The number of para-hydroxylation sites is 1. The monoisotopic (exact) mass is 268 g/mol. The second kappa shape index (κ2) is 7.11. The van der Waals surface area contributed by atoms with Gasteiger partial charge in [-0.25, -0.2) is 0 Å². The molecule has 1 N–H and O–H groups in total. The van der Waals surface area contributed by atoms with Gasteiger partial charge in [0.25, 0.3) is 0 Å². The maximum absolute atomic E-state index is 3.25. The summed E-state index contributed by atoms with van der Waals surface area (Å²) in [5.41, 5.74) is 5.43. The lowest BCUT2D eigenvalue weighted by Gasteiger charge is -2.26. The van der Waals surface area contributed by atoms with E-state index in [0.717, 1.165) is 19.6 Å². The van der Waals surface area contributed by atoms with Gasteiger partial charge in [0, 0.05) is 25.3 Å². The highest BCUT2D eigenvalue weighted by atomic mass is 15.1. The van der Waals surface area contributed by atoms with Crippen LogP contribution in [0.1, 0.15) is 23.6 Å². The van der Waals surface area contributed by atoms with E-state index in [2.05, 4.69) is 72.6 Å². The highest BCUT2D eigenvalue weighted by Gasteiger charge is 2.09. The Bertz CT molecular complexity index is 549. The lowest BCUT2D eigenvalue weighted by Crippen LogP contribution is -2.24. The third kappa shape index (κ3) is 3.40. The summed E-state index contributed by atoms with van der Waals surface area (Å²) >= 11 is 0. The summed E-state index contributed by atoms with van der Waals surface area (Å²) in [6, 6.07) is 17.3. The molecule has 2 aromatic carbocycles. The van der Waals surface area contributed by atoms with Crippen LogP contribution in [0.25, 0.3) is 0 Å². The van der Waals surface area contributed by atoms with E-state index in [1.54, 1.807) is 0 Å². The van der Waals surface area contributed by atoms with Gasteiger partial charge in [-0.15, -0.1) is 0 Å². The minimum absolute atomic E-state index is 0.918. The third-order valence-corrected chi connectivity index (χ3v) is 3.68. The average molecular weight is 268 g/mol. The predicted molar refractivity (Wildman–Crippen MR) is 87.1 cm³/mol. The first-order chi connectivity index (χ1) is 9.76. The molecule has 2 aromatic rings. The lowest BCUT2D eigenvalue weighted by molar-refractivity contribution is 0.777. The van der Waals surface area contributed by atoms with Crippen LogP contribution in [0.5, 0.6) is 0 Å². The van der Waals surface area contributed by atoms with Gasteiger partial charge in [-0.2, -0.15) is 0 Å². The molecule has 2 nitrogen and oxygen atoms in total. The molecule has 0 atom stereocenters. The molecule has 0 spiro atoms. The minimum Gasteiger partial charge on any atom is -0.367 e. The molecular formula is C18H24N2. The topological polar surface area (TPSA) is 15.3 Å². The summed E-state index contributed by atoms with van der Waals surface area (Å²) in [4.78, 5) is 2.43. The smallest absolute Gasteiger partial charge is 0.0432 e. The van der Waals surface area contributed by atoms with Crippen LogP contribution >= 0.6 is 0 Å². The number of nitrogens with zero attached hydrogens (tertiary/aromatic N) is 1. The molecule has 0 fully saturated rings. The molecule has 0 saturated carbocycles. The zero-order valence-electron chi connectivity index (χ0n) is 12.7. The van der Waals surface area contributed by atoms with Crippen LogP contribution in [0.2, 0.25) is 0 Å². The maximum atomic E-state index is 3.25. The quantitative estimate of drug-likeness (QED) is 0.858. The summed E-state index contributed by atoms with van der Waals surface area (Å²) in [6.45, 7) is 7.28. The molecule has 2 heteroatoms. The lowest BCUT2D eigenvalue weighted by atomic mass is 10.1. The van der Waals surface area contributed by atoms with Gasteiger partial charge in [-0.05, 0) is 43.7 Å². The molecule has 0 amide bonds. The molecule has 2 rings (SSSR count). The molecule has 0 saturated heterocycles. The summed E-state index contributed by atoms with van der Waals surface area (Å²) in [5, 5.41) is 3.25. The fourth-order valence-corrected chi connectivity index (χ4v) is 2.57. The Hall–Kier alpha value is -1.80. The maximum Gasteiger partial charge on any atom is 0.0432 e. The minimum atomic E-state index is 0.918. The van der Waals surface area contributed by atoms with Crippen molar-refractivity contribution in [1.82, 2.24) is 5.32 Å². The van der Waals surface area contributed by atoms with Crippen LogP contribution < -0.4 is 10.2 Å². The van der Waals surface area contributed by atoms with E-state index in [4.69, 9.17) is 0 Å². The van der Waals surface area contributed by atoms with E-state index >= 15 is 0 Å². The molecule has 0 aliphatic rings. The summed E-state index contributed by atoms with van der Waals surface area (Å²) < 4.78 is 0. The van der Waals surface area contributed by atoms with Gasteiger partial charge in [-0.1, -0.05) is 42.5 Å². The molecule has 0 aliphatic heterocycles. The second-order valence-corrected chi connectivity index (χ2v) is 5.10. The summed E-state index contributed by atoms with van der Waals surface area (Å²) in [7, 11) is 2.00. The molecule has 20 heavy (non-hydrogen) atoms. The number of hydrogen-bond donors (Lipinski definition) is 1. The standard InChI is InChI=1S/C18H24N2/c1-4-20(18-12-8-5-9-15(18)2)14-17-11-7-6-10-16(17)13-19-3/h5-12,19H,4,13-14H2,1-3H3. The van der Waals surface area contributed by atoms with Crippen molar-refractivity contribution < 1.29 is 0 Å². The molecule has 0 aromatic heterocycles. The van der Waals surface area contributed by atoms with Crippen LogP contribution in [0.15, 0.2) is 48.5 Å². The number of aryl methyl sites for hydroxylation is 1. The number of hydrogen-bond acceptors (Lipinski definition) is 2. The van der Waals surface area contributed by atoms with E-state index < -0.39 is 0 Å². The summed E-state index contributed by atoms with van der Waals surface area (Å²) in [5.74, 6) is 0. The third-order valence-electron chi connectivity index (χ3n) is 3.68. The Kier molecular flexibility index (Phi) is 5.19. The van der Waals surface area contributed by atoms with E-state index in [0.29, 0.717) is 0 Å². The highest BCUT2D eigenvalue weighted by Crippen LogP contribution is 2.22. The Morgan fingerprint density at radius 2 is 1.60 bits per heavy atom. The Balaban J connectivity index is 2.25. The fourth-order valence-electron chi connectivity index (χ4n) is 2.57. The average Bonchev–Trinajstić information content (AvgIpc) is 2.47. The number of nitrogens with one attached hydrogen (secondary N) is 1. The van der Waals surface area contributed by atoms with Crippen molar-refractivity contribution >= 4 is 5.69 Å².